The molecule has 0 unspecified atom stereocenters. The Morgan fingerprint density at radius 2 is 1.33 bits per heavy atom. The fourth-order valence-corrected chi connectivity index (χ4v) is 9.31. The van der Waals surface area contributed by atoms with Crippen molar-refractivity contribution in [3.63, 3.8) is 0 Å². The van der Waals surface area contributed by atoms with Crippen LogP contribution in [-0.4, -0.2) is 59.8 Å². The van der Waals surface area contributed by atoms with Crippen molar-refractivity contribution in [3.8, 4) is 0 Å². The van der Waals surface area contributed by atoms with E-state index in [0.717, 1.165) is 0 Å². The first-order chi connectivity index (χ1) is 7.73. The first-order valence-corrected chi connectivity index (χ1v) is 10.7. The van der Waals surface area contributed by atoms with Gasteiger partial charge in [0, 0.05) is 33.2 Å². The van der Waals surface area contributed by atoms with Crippen LogP contribution in [0.25, 0.3) is 0 Å². The molecule has 110 valence electrons. The predicted molar refractivity (Wildman–Crippen MR) is 77.5 cm³/mol. The smallest absolute Gasteiger partial charge is 0.261 e. The third kappa shape index (κ3) is 4.07. The average Bonchev–Trinajstić information content (AvgIpc) is 1.94. The van der Waals surface area contributed by atoms with Gasteiger partial charge >= 0.3 is 8.90 Å². The summed E-state index contributed by atoms with van der Waals surface area (Å²) in [6, 6.07) is 0. The SMILES string of the molecule is CN(C)N[Si](C)(C)N(N(C)C)[Si](F)(F)C(C)(C)C. The third-order valence-electron chi connectivity index (χ3n) is 2.60. The Morgan fingerprint density at radius 3 is 1.56 bits per heavy atom. The number of halogens is 2. The van der Waals surface area contributed by atoms with E-state index in [2.05, 4.69) is 5.09 Å². The maximum absolute atomic E-state index is 14.8. The Bertz CT molecular complexity index is 278. The highest BCUT2D eigenvalue weighted by atomic mass is 28.5. The van der Waals surface area contributed by atoms with Crippen molar-refractivity contribution < 1.29 is 8.22 Å². The van der Waals surface area contributed by atoms with Crippen LogP contribution in [0.15, 0.2) is 0 Å². The van der Waals surface area contributed by atoms with Gasteiger partial charge in [0.2, 0.25) is 8.40 Å². The zero-order valence-electron chi connectivity index (χ0n) is 13.1. The lowest BCUT2D eigenvalue weighted by molar-refractivity contribution is 0.142. The van der Waals surface area contributed by atoms with E-state index in [1.165, 1.54) is 4.34 Å². The molecule has 1 N–H and O–H groups in total. The summed E-state index contributed by atoms with van der Waals surface area (Å²) in [5.41, 5.74) is 0. The molecule has 0 atom stereocenters. The largest absolute Gasteiger partial charge is 0.520 e. The highest BCUT2D eigenvalue weighted by Gasteiger charge is 2.60. The molecule has 0 spiro atoms. The maximum Gasteiger partial charge on any atom is 0.520 e. The molecule has 0 radical (unpaired) electrons. The summed E-state index contributed by atoms with van der Waals surface area (Å²) in [4.78, 5) is 0. The zero-order chi connectivity index (χ0) is 14.9. The highest BCUT2D eigenvalue weighted by molar-refractivity contribution is 6.85. The second-order valence-electron chi connectivity index (χ2n) is 6.52. The maximum atomic E-state index is 14.8. The molecule has 0 aromatic rings. The summed E-state index contributed by atoms with van der Waals surface area (Å²) >= 11 is 0. The van der Waals surface area contributed by atoms with Crippen molar-refractivity contribution in [1.82, 2.24) is 19.4 Å². The van der Waals surface area contributed by atoms with Crippen molar-refractivity contribution >= 4 is 17.3 Å². The summed E-state index contributed by atoms with van der Waals surface area (Å²) < 4.78 is 30.9. The van der Waals surface area contributed by atoms with Crippen LogP contribution in [0.2, 0.25) is 18.1 Å². The van der Waals surface area contributed by atoms with Gasteiger partial charge in [-0.05, 0) is 13.1 Å². The summed E-state index contributed by atoms with van der Waals surface area (Å²) in [7, 11) is 0.0268. The topological polar surface area (TPSA) is 21.8 Å². The van der Waals surface area contributed by atoms with E-state index in [1.807, 2.05) is 27.2 Å². The van der Waals surface area contributed by atoms with Crippen molar-refractivity contribution in [2.24, 2.45) is 0 Å². The van der Waals surface area contributed by atoms with Crippen LogP contribution >= 0.6 is 0 Å². The van der Waals surface area contributed by atoms with E-state index >= 15 is 0 Å². The molecule has 8 heteroatoms. The van der Waals surface area contributed by atoms with Gasteiger partial charge in [-0.2, -0.15) is 0 Å². The number of rotatable bonds is 5. The molecule has 0 saturated heterocycles. The Hall–Kier alpha value is 0.134. The van der Waals surface area contributed by atoms with Crippen molar-refractivity contribution in [2.75, 3.05) is 28.2 Å². The minimum Gasteiger partial charge on any atom is -0.261 e. The van der Waals surface area contributed by atoms with E-state index in [9.17, 15) is 8.22 Å². The van der Waals surface area contributed by atoms with Crippen LogP contribution in [0, 0.1) is 0 Å². The fraction of sp³-hybridized carbons (Fsp3) is 1.00. The average molecular weight is 299 g/mol. The van der Waals surface area contributed by atoms with Crippen molar-refractivity contribution in [3.05, 3.63) is 0 Å². The molecule has 4 nitrogen and oxygen atoms in total. The minimum absolute atomic E-state index is 0.991. The van der Waals surface area contributed by atoms with Crippen LogP contribution in [-0.2, 0) is 0 Å². The molecule has 0 aliphatic rings. The molecule has 18 heavy (non-hydrogen) atoms. The molecular formula is C10H28F2N4Si2. The number of hydrogen-bond donors (Lipinski definition) is 1. The predicted octanol–water partition coefficient (Wildman–Crippen LogP) is 2.21. The monoisotopic (exact) mass is 298 g/mol. The van der Waals surface area contributed by atoms with Crippen LogP contribution in [0.5, 0.6) is 0 Å². The van der Waals surface area contributed by atoms with E-state index in [-0.39, 0.29) is 0 Å². The Kier molecular flexibility index (Phi) is 5.68. The lowest BCUT2D eigenvalue weighted by Gasteiger charge is -2.48. The van der Waals surface area contributed by atoms with Gasteiger partial charge in [-0.1, -0.05) is 20.8 Å². The van der Waals surface area contributed by atoms with E-state index in [1.54, 1.807) is 44.9 Å². The second-order valence-corrected chi connectivity index (χ2v) is 13.7. The van der Waals surface area contributed by atoms with E-state index < -0.39 is 22.3 Å². The van der Waals surface area contributed by atoms with Crippen molar-refractivity contribution in [1.29, 1.82) is 0 Å². The van der Waals surface area contributed by atoms with Gasteiger partial charge in [0.1, 0.15) is 0 Å². The van der Waals surface area contributed by atoms with Gasteiger partial charge in [-0.15, -0.1) is 0 Å². The molecule has 0 aliphatic carbocycles. The first kappa shape index (κ1) is 18.1. The molecule has 0 fully saturated rings. The number of hydrazine groups is 2. The number of nitrogens with one attached hydrogen (secondary N) is 1. The second kappa shape index (κ2) is 5.63. The van der Waals surface area contributed by atoms with E-state index in [0.29, 0.717) is 0 Å². The van der Waals surface area contributed by atoms with Gasteiger partial charge < -0.3 is 0 Å². The number of nitrogens with zero attached hydrogens (tertiary/aromatic N) is 3. The lowest BCUT2D eigenvalue weighted by atomic mass is 10.3. The quantitative estimate of drug-likeness (QED) is 0.477. The molecule has 0 heterocycles. The molecular weight excluding hydrogens is 270 g/mol. The van der Waals surface area contributed by atoms with Gasteiger partial charge in [0.05, 0.1) is 0 Å². The van der Waals surface area contributed by atoms with Gasteiger partial charge in [-0.3, -0.25) is 23.3 Å². The fourth-order valence-electron chi connectivity index (χ4n) is 2.01. The van der Waals surface area contributed by atoms with Gasteiger partial charge in [0.25, 0.3) is 0 Å². The summed E-state index contributed by atoms with van der Waals surface area (Å²) in [6.07, 6.45) is 0. The Balaban J connectivity index is 5.46. The van der Waals surface area contributed by atoms with Crippen LogP contribution < -0.4 is 5.09 Å². The Morgan fingerprint density at radius 1 is 0.944 bits per heavy atom. The molecule has 0 aromatic carbocycles. The van der Waals surface area contributed by atoms with Gasteiger partial charge in [0.15, 0.2) is 0 Å². The highest BCUT2D eigenvalue weighted by Crippen LogP contribution is 2.42. The summed E-state index contributed by atoms with van der Waals surface area (Å²) in [5.74, 6) is 0. The molecule has 0 amide bonds. The Labute approximate surface area is 112 Å². The summed E-state index contributed by atoms with van der Waals surface area (Å²) in [6.45, 7) is 8.67. The zero-order valence-corrected chi connectivity index (χ0v) is 15.1. The number of hydrogen-bond acceptors (Lipinski definition) is 4. The molecule has 0 aliphatic heterocycles. The van der Waals surface area contributed by atoms with E-state index in [4.69, 9.17) is 0 Å². The normalized spacial score (nSPS) is 15.0. The standard InChI is InChI=1S/C10H28F2N4Si2/c1-10(2,3)18(11,12)16(15(6)7)17(8,9)13-14(4)5/h13H,1-9H3. The molecule has 0 saturated carbocycles. The minimum atomic E-state index is -4.57. The van der Waals surface area contributed by atoms with Crippen molar-refractivity contribution in [2.45, 2.75) is 38.9 Å². The van der Waals surface area contributed by atoms with Crippen LogP contribution in [0.3, 0.4) is 0 Å². The molecule has 0 aromatic heterocycles. The third-order valence-corrected chi connectivity index (χ3v) is 10.3. The lowest BCUT2D eigenvalue weighted by Crippen LogP contribution is -2.75. The first-order valence-electron chi connectivity index (χ1n) is 6.04. The molecule has 0 rings (SSSR count). The summed E-state index contributed by atoms with van der Waals surface area (Å²) in [5, 5.41) is 5.51. The van der Waals surface area contributed by atoms with Crippen LogP contribution in [0.1, 0.15) is 20.8 Å². The van der Waals surface area contributed by atoms with Crippen LogP contribution in [0.4, 0.5) is 8.22 Å². The van der Waals surface area contributed by atoms with Gasteiger partial charge in [-0.25, -0.2) is 4.34 Å². The molecule has 0 bridgehead atoms.